The summed E-state index contributed by atoms with van der Waals surface area (Å²) in [5.41, 5.74) is 0. The molecule has 0 unspecified atom stereocenters. The standard InChI is InChI=1S/C8H3F15.C4H10O3.C3H4O2/c1-2(9,10)3(11,12)4(13,14)5(15,16)6(17,18)7(19,20)8(21,22)23;5-1-3-7-4-2-6;1-2-3(4)5/h1H3;5-6H,1-4H2;2H,1H2,(H,4,5). The molecule has 0 fully saturated rings. The number of carboxylic acid groups (broad SMARTS) is 1. The van der Waals surface area contributed by atoms with Crippen molar-refractivity contribution >= 4 is 5.97 Å². The van der Waals surface area contributed by atoms with Crippen LogP contribution in [0.4, 0.5) is 65.9 Å². The Morgan fingerprint density at radius 2 is 0.943 bits per heavy atom. The van der Waals surface area contributed by atoms with Gasteiger partial charge in [0.15, 0.2) is 0 Å². The van der Waals surface area contributed by atoms with E-state index in [9.17, 15) is 70.7 Å². The fraction of sp³-hybridized carbons (Fsp3) is 0.800. The Bertz CT molecular complexity index is 612. The van der Waals surface area contributed by atoms with Gasteiger partial charge in [0.25, 0.3) is 0 Å². The van der Waals surface area contributed by atoms with E-state index in [2.05, 4.69) is 11.3 Å². The molecule has 0 amide bonds. The van der Waals surface area contributed by atoms with E-state index in [1.165, 1.54) is 0 Å². The van der Waals surface area contributed by atoms with Gasteiger partial charge in [-0.2, -0.15) is 65.9 Å². The zero-order valence-electron chi connectivity index (χ0n) is 16.9. The molecule has 0 aromatic rings. The smallest absolute Gasteiger partial charge is 0.460 e. The molecule has 0 rings (SSSR count). The Balaban J connectivity index is -0.000000698. The first-order valence-electron chi connectivity index (χ1n) is 8.17. The van der Waals surface area contributed by atoms with E-state index in [-0.39, 0.29) is 13.2 Å². The Kier molecular flexibility index (Phi) is 13.8. The van der Waals surface area contributed by atoms with Crippen LogP contribution in [0.25, 0.3) is 0 Å². The first kappa shape index (κ1) is 37.6. The van der Waals surface area contributed by atoms with Crippen LogP contribution in [0.2, 0.25) is 0 Å². The number of aliphatic carboxylic acids is 1. The van der Waals surface area contributed by atoms with Gasteiger partial charge in [-0.05, 0) is 0 Å². The zero-order chi connectivity index (χ0) is 29.3. The Labute approximate surface area is 185 Å². The largest absolute Gasteiger partial charge is 0.478 e. The lowest BCUT2D eigenvalue weighted by Crippen LogP contribution is -2.72. The molecule has 0 radical (unpaired) electrons. The van der Waals surface area contributed by atoms with Crippen molar-refractivity contribution in [2.45, 2.75) is 48.6 Å². The van der Waals surface area contributed by atoms with Crippen molar-refractivity contribution in [3.63, 3.8) is 0 Å². The van der Waals surface area contributed by atoms with Crippen LogP contribution in [0.3, 0.4) is 0 Å². The third-order valence-electron chi connectivity index (χ3n) is 3.13. The van der Waals surface area contributed by atoms with E-state index in [0.717, 1.165) is 6.08 Å². The maximum absolute atomic E-state index is 12.7. The van der Waals surface area contributed by atoms with Gasteiger partial charge in [0.1, 0.15) is 0 Å². The fourth-order valence-electron chi connectivity index (χ4n) is 1.28. The summed E-state index contributed by atoms with van der Waals surface area (Å²) in [4.78, 5) is 9.25. The lowest BCUT2D eigenvalue weighted by atomic mass is 9.91. The van der Waals surface area contributed by atoms with Crippen LogP contribution in [0.5, 0.6) is 0 Å². The molecule has 0 saturated heterocycles. The number of aliphatic hydroxyl groups is 2. The van der Waals surface area contributed by atoms with Crippen LogP contribution < -0.4 is 0 Å². The van der Waals surface area contributed by atoms with Gasteiger partial charge in [-0.3, -0.25) is 0 Å². The molecule has 0 aromatic heterocycles. The molecule has 3 N–H and O–H groups in total. The summed E-state index contributed by atoms with van der Waals surface area (Å²) in [6.45, 7) is 2.50. The summed E-state index contributed by atoms with van der Waals surface area (Å²) in [6, 6.07) is 0. The van der Waals surface area contributed by atoms with E-state index in [1.54, 1.807) is 0 Å². The lowest BCUT2D eigenvalue weighted by molar-refractivity contribution is -0.451. The van der Waals surface area contributed by atoms with Crippen LogP contribution >= 0.6 is 0 Å². The fourth-order valence-corrected chi connectivity index (χ4v) is 1.28. The van der Waals surface area contributed by atoms with E-state index in [1.807, 2.05) is 0 Å². The van der Waals surface area contributed by atoms with E-state index in [0.29, 0.717) is 13.2 Å². The van der Waals surface area contributed by atoms with Crippen molar-refractivity contribution in [3.05, 3.63) is 12.7 Å². The Morgan fingerprint density at radius 3 is 1.14 bits per heavy atom. The molecule has 0 aliphatic carbocycles. The maximum atomic E-state index is 12.7. The van der Waals surface area contributed by atoms with Gasteiger partial charge in [0.2, 0.25) is 0 Å². The number of carbonyl (C=O) groups is 1. The van der Waals surface area contributed by atoms with Gasteiger partial charge >= 0.3 is 47.7 Å². The Morgan fingerprint density at radius 1 is 0.686 bits per heavy atom. The topological polar surface area (TPSA) is 87.0 Å². The normalized spacial score (nSPS) is 13.8. The van der Waals surface area contributed by atoms with Crippen LogP contribution in [0.1, 0.15) is 6.92 Å². The highest BCUT2D eigenvalue weighted by Gasteiger charge is 2.92. The van der Waals surface area contributed by atoms with E-state index < -0.39 is 54.6 Å². The number of aliphatic hydroxyl groups excluding tert-OH is 2. The molecule has 20 heteroatoms. The molecule has 0 saturated carbocycles. The average Bonchev–Trinajstić information content (AvgIpc) is 2.67. The molecule has 0 spiro atoms. The first-order chi connectivity index (χ1) is 15.2. The Hall–Kier alpha value is -1.96. The molecule has 0 atom stereocenters. The van der Waals surface area contributed by atoms with E-state index >= 15 is 0 Å². The van der Waals surface area contributed by atoms with Gasteiger partial charge in [0, 0.05) is 13.0 Å². The summed E-state index contributed by atoms with van der Waals surface area (Å²) in [5, 5.41) is 23.8. The van der Waals surface area contributed by atoms with Crippen molar-refractivity contribution in [1.29, 1.82) is 0 Å². The predicted molar refractivity (Wildman–Crippen MR) is 84.2 cm³/mol. The van der Waals surface area contributed by atoms with Crippen molar-refractivity contribution in [2.75, 3.05) is 26.4 Å². The highest BCUT2D eigenvalue weighted by Crippen LogP contribution is 2.62. The number of alkyl halides is 15. The second kappa shape index (κ2) is 12.8. The van der Waals surface area contributed by atoms with Crippen LogP contribution in [0, 0.1) is 0 Å². The van der Waals surface area contributed by atoms with Crippen molar-refractivity contribution in [1.82, 2.24) is 0 Å². The molecule has 0 aliphatic heterocycles. The zero-order valence-corrected chi connectivity index (χ0v) is 16.9. The second-order valence-corrected chi connectivity index (χ2v) is 5.86. The first-order valence-corrected chi connectivity index (χ1v) is 8.17. The van der Waals surface area contributed by atoms with Gasteiger partial charge in [-0.1, -0.05) is 6.58 Å². The molecule has 0 aliphatic rings. The third-order valence-corrected chi connectivity index (χ3v) is 3.13. The minimum atomic E-state index is -8.19. The molecule has 0 aromatic carbocycles. The van der Waals surface area contributed by atoms with Crippen LogP contribution in [0.15, 0.2) is 12.7 Å². The van der Waals surface area contributed by atoms with Crippen molar-refractivity contribution < 1.29 is 90.7 Å². The molecular formula is C15H17F15O5. The van der Waals surface area contributed by atoms with Gasteiger partial charge in [0.05, 0.1) is 26.4 Å². The number of hydrogen-bond donors (Lipinski definition) is 3. The third kappa shape index (κ3) is 8.58. The molecule has 0 heterocycles. The molecule has 0 bridgehead atoms. The summed E-state index contributed by atoms with van der Waals surface area (Å²) < 4.78 is 190. The molecule has 212 valence electrons. The number of ether oxygens (including phenoxy) is 1. The van der Waals surface area contributed by atoms with Crippen LogP contribution in [-0.2, 0) is 9.53 Å². The molecule has 35 heavy (non-hydrogen) atoms. The minimum absolute atomic E-state index is 0.0278. The van der Waals surface area contributed by atoms with E-state index in [4.69, 9.17) is 15.3 Å². The quantitative estimate of drug-likeness (QED) is 0.206. The summed E-state index contributed by atoms with van der Waals surface area (Å²) in [6.07, 6.45) is -6.74. The monoisotopic (exact) mass is 562 g/mol. The summed E-state index contributed by atoms with van der Waals surface area (Å²) in [7, 11) is 0. The van der Waals surface area contributed by atoms with Gasteiger partial charge in [-0.15, -0.1) is 0 Å². The van der Waals surface area contributed by atoms with Gasteiger partial charge < -0.3 is 20.1 Å². The van der Waals surface area contributed by atoms with Crippen molar-refractivity contribution in [3.8, 4) is 0 Å². The second-order valence-electron chi connectivity index (χ2n) is 5.86. The number of rotatable bonds is 10. The minimum Gasteiger partial charge on any atom is -0.478 e. The SMILES string of the molecule is C=CC(=O)O.CC(F)(F)C(F)(F)C(F)(F)C(F)(F)C(F)(F)C(F)(F)C(F)(F)F.OCCOCCO. The highest BCUT2D eigenvalue weighted by atomic mass is 19.4. The summed E-state index contributed by atoms with van der Waals surface area (Å²) >= 11 is 0. The highest BCUT2D eigenvalue weighted by molar-refractivity contribution is 5.78. The number of carboxylic acids is 1. The maximum Gasteiger partial charge on any atom is 0.460 e. The molecular weight excluding hydrogens is 545 g/mol. The van der Waals surface area contributed by atoms with Crippen LogP contribution in [-0.4, -0.2) is 89.4 Å². The van der Waals surface area contributed by atoms with Crippen molar-refractivity contribution in [2.24, 2.45) is 0 Å². The average molecular weight is 562 g/mol. The van der Waals surface area contributed by atoms with Gasteiger partial charge in [-0.25, -0.2) is 4.79 Å². The predicted octanol–water partition coefficient (Wildman–Crippen LogP) is 4.63. The number of halogens is 15. The summed E-state index contributed by atoms with van der Waals surface area (Å²) in [5.74, 6) is -46.8. The lowest BCUT2D eigenvalue weighted by Gasteiger charge is -2.40. The number of hydrogen-bond acceptors (Lipinski definition) is 4. The molecule has 5 nitrogen and oxygen atoms in total.